The number of aromatic nitrogens is 3. The molecule has 3 aromatic rings. The van der Waals surface area contributed by atoms with Crippen molar-refractivity contribution in [2.75, 3.05) is 11.9 Å². The monoisotopic (exact) mass is 449 g/mol. The Morgan fingerprint density at radius 2 is 1.82 bits per heavy atom. The summed E-state index contributed by atoms with van der Waals surface area (Å²) in [7, 11) is 0. The van der Waals surface area contributed by atoms with Gasteiger partial charge in [-0.3, -0.25) is 14.6 Å². The second kappa shape index (κ2) is 10.2. The van der Waals surface area contributed by atoms with Crippen molar-refractivity contribution in [2.24, 2.45) is 5.92 Å². The van der Waals surface area contributed by atoms with Crippen LogP contribution >= 0.6 is 0 Å². The minimum Gasteiger partial charge on any atom is -0.466 e. The van der Waals surface area contributed by atoms with Gasteiger partial charge in [0.25, 0.3) is 5.91 Å². The zero-order chi connectivity index (χ0) is 23.2. The first kappa shape index (κ1) is 22.3. The molecule has 1 fully saturated rings. The highest BCUT2D eigenvalue weighted by Gasteiger charge is 2.33. The van der Waals surface area contributed by atoms with Crippen LogP contribution in [0.5, 0.6) is 0 Å². The van der Waals surface area contributed by atoms with Crippen LogP contribution in [0.1, 0.15) is 43.0 Å². The van der Waals surface area contributed by atoms with Crippen molar-refractivity contribution in [3.8, 4) is 5.69 Å². The maximum Gasteiger partial charge on any atom is 0.349 e. The first-order chi connectivity index (χ1) is 16.0. The van der Waals surface area contributed by atoms with Crippen molar-refractivity contribution < 1.29 is 14.3 Å². The molecule has 0 unspecified atom stereocenters. The molecule has 9 heteroatoms. The Bertz CT molecular complexity index is 1150. The normalized spacial score (nSPS) is 17.8. The van der Waals surface area contributed by atoms with E-state index < -0.39 is 0 Å². The van der Waals surface area contributed by atoms with E-state index in [1.54, 1.807) is 43.3 Å². The summed E-state index contributed by atoms with van der Waals surface area (Å²) in [5.74, 6) is -0.490. The summed E-state index contributed by atoms with van der Waals surface area (Å²) in [6.07, 6.45) is 3.41. The van der Waals surface area contributed by atoms with Gasteiger partial charge in [0.1, 0.15) is 0 Å². The maximum atomic E-state index is 12.8. The van der Waals surface area contributed by atoms with Crippen LogP contribution in [0.3, 0.4) is 0 Å². The fourth-order valence-electron chi connectivity index (χ4n) is 4.05. The molecule has 0 saturated heterocycles. The fourth-order valence-corrected chi connectivity index (χ4v) is 4.05. The Labute approximate surface area is 191 Å². The van der Waals surface area contributed by atoms with Gasteiger partial charge in [-0.25, -0.2) is 4.79 Å². The van der Waals surface area contributed by atoms with Crippen molar-refractivity contribution >= 4 is 23.5 Å². The Kier molecular flexibility index (Phi) is 6.87. The van der Waals surface area contributed by atoms with Gasteiger partial charge < -0.3 is 15.4 Å². The molecule has 3 N–H and O–H groups in total. The van der Waals surface area contributed by atoms with Gasteiger partial charge >= 0.3 is 11.7 Å². The van der Waals surface area contributed by atoms with Gasteiger partial charge in [-0.05, 0) is 56.2 Å². The molecule has 1 aliphatic carbocycles. The van der Waals surface area contributed by atoms with E-state index in [-0.39, 0.29) is 29.5 Å². The second-order valence-electron chi connectivity index (χ2n) is 7.95. The number of hydrogen-bond acceptors (Lipinski definition) is 6. The number of aromatic amines is 1. The molecule has 2 atom stereocenters. The number of nitrogens with one attached hydrogen (secondary N) is 3. The van der Waals surface area contributed by atoms with E-state index in [0.29, 0.717) is 29.5 Å². The fraction of sp³-hybridized carbons (Fsp3) is 0.333. The van der Waals surface area contributed by atoms with E-state index in [4.69, 9.17) is 4.74 Å². The topological polar surface area (TPSA) is 118 Å². The van der Waals surface area contributed by atoms with E-state index >= 15 is 0 Å². The molecule has 0 bridgehead atoms. The smallest absolute Gasteiger partial charge is 0.349 e. The molecule has 4 rings (SSSR count). The minimum atomic E-state index is -0.358. The van der Waals surface area contributed by atoms with Gasteiger partial charge in [-0.2, -0.15) is 4.68 Å². The van der Waals surface area contributed by atoms with Crippen molar-refractivity contribution in [3.05, 3.63) is 70.6 Å². The lowest BCUT2D eigenvalue weighted by Gasteiger charge is -2.30. The number of rotatable bonds is 7. The first-order valence-corrected chi connectivity index (χ1v) is 11.1. The molecule has 1 heterocycles. The Balaban J connectivity index is 1.40. The standard InChI is InChI=1S/C24H27N5O4/c1-2-33-22(31)19-10-6-7-11-20(19)26-21(30)16-12-14-17(15-13-16)25-23-27-24(32)29(28-23)18-8-4-3-5-9-18/h3-5,8-9,12-15,19-20H,2,6-7,10-11H2,1H3,(H,26,30)(H2,25,27,28,32)/t19-,20-/m1/s1. The predicted molar refractivity (Wildman–Crippen MR) is 124 cm³/mol. The van der Waals surface area contributed by atoms with E-state index in [9.17, 15) is 14.4 Å². The highest BCUT2D eigenvalue weighted by Crippen LogP contribution is 2.26. The van der Waals surface area contributed by atoms with Gasteiger partial charge in [0, 0.05) is 17.3 Å². The third-order valence-corrected chi connectivity index (χ3v) is 5.70. The van der Waals surface area contributed by atoms with E-state index in [2.05, 4.69) is 20.7 Å². The van der Waals surface area contributed by atoms with Gasteiger partial charge in [-0.15, -0.1) is 5.10 Å². The third kappa shape index (κ3) is 5.31. The molecule has 9 nitrogen and oxygen atoms in total. The largest absolute Gasteiger partial charge is 0.466 e. The molecular weight excluding hydrogens is 422 g/mol. The zero-order valence-electron chi connectivity index (χ0n) is 18.4. The summed E-state index contributed by atoms with van der Waals surface area (Å²) in [5, 5.41) is 10.3. The molecular formula is C24H27N5O4. The number of para-hydroxylation sites is 1. The quantitative estimate of drug-likeness (QED) is 0.477. The third-order valence-electron chi connectivity index (χ3n) is 5.70. The predicted octanol–water partition coefficient (Wildman–Crippen LogP) is 3.16. The van der Waals surface area contributed by atoms with Crippen LogP contribution < -0.4 is 16.3 Å². The number of amides is 1. The van der Waals surface area contributed by atoms with Gasteiger partial charge in [-0.1, -0.05) is 31.0 Å². The highest BCUT2D eigenvalue weighted by atomic mass is 16.5. The average molecular weight is 450 g/mol. The summed E-state index contributed by atoms with van der Waals surface area (Å²) in [6, 6.07) is 15.7. The van der Waals surface area contributed by atoms with Crippen molar-refractivity contribution in [1.29, 1.82) is 0 Å². The molecule has 1 aliphatic rings. The SMILES string of the molecule is CCOC(=O)[C@@H]1CCCC[C@H]1NC(=O)c1ccc(Nc2nn(-c3ccccc3)c(=O)[nH]2)cc1. The number of benzene rings is 2. The highest BCUT2D eigenvalue weighted by molar-refractivity contribution is 5.95. The molecule has 1 amide bonds. The zero-order valence-corrected chi connectivity index (χ0v) is 18.4. The Hall–Kier alpha value is -3.88. The van der Waals surface area contributed by atoms with E-state index in [1.807, 2.05) is 18.2 Å². The summed E-state index contributed by atoms with van der Waals surface area (Å²) < 4.78 is 6.45. The summed E-state index contributed by atoms with van der Waals surface area (Å²) >= 11 is 0. The number of ether oxygens (including phenoxy) is 1. The van der Waals surface area contributed by atoms with Crippen LogP contribution in [0.25, 0.3) is 5.69 Å². The van der Waals surface area contributed by atoms with Gasteiger partial charge in [0.15, 0.2) is 0 Å². The number of nitrogens with zero attached hydrogens (tertiary/aromatic N) is 2. The molecule has 172 valence electrons. The van der Waals surface area contributed by atoms with Crippen LogP contribution in [0, 0.1) is 5.92 Å². The van der Waals surface area contributed by atoms with E-state index in [1.165, 1.54) is 4.68 Å². The molecule has 33 heavy (non-hydrogen) atoms. The van der Waals surface area contributed by atoms with Crippen LogP contribution in [0.4, 0.5) is 11.6 Å². The number of carbonyl (C=O) groups is 2. The van der Waals surface area contributed by atoms with Crippen LogP contribution in [0.15, 0.2) is 59.4 Å². The lowest BCUT2D eigenvalue weighted by molar-refractivity contribution is -0.150. The Morgan fingerprint density at radius 3 is 2.55 bits per heavy atom. The molecule has 0 spiro atoms. The average Bonchev–Trinajstić information content (AvgIpc) is 3.20. The lowest BCUT2D eigenvalue weighted by Crippen LogP contribution is -2.45. The second-order valence-corrected chi connectivity index (χ2v) is 7.95. The summed E-state index contributed by atoms with van der Waals surface area (Å²) in [6.45, 7) is 2.12. The molecule has 1 aromatic heterocycles. The van der Waals surface area contributed by atoms with Crippen molar-refractivity contribution in [3.63, 3.8) is 0 Å². The van der Waals surface area contributed by atoms with Gasteiger partial charge in [0.2, 0.25) is 5.95 Å². The summed E-state index contributed by atoms with van der Waals surface area (Å²) in [4.78, 5) is 39.9. The molecule has 2 aromatic carbocycles. The summed E-state index contributed by atoms with van der Waals surface area (Å²) in [5.41, 5.74) is 1.45. The molecule has 1 saturated carbocycles. The molecule has 0 radical (unpaired) electrons. The van der Waals surface area contributed by atoms with Crippen molar-refractivity contribution in [2.45, 2.75) is 38.6 Å². The number of esters is 1. The number of carbonyl (C=O) groups excluding carboxylic acids is 2. The van der Waals surface area contributed by atoms with Crippen LogP contribution in [-0.4, -0.2) is 39.3 Å². The van der Waals surface area contributed by atoms with Crippen LogP contribution in [-0.2, 0) is 9.53 Å². The maximum absolute atomic E-state index is 12.8. The number of anilines is 2. The Morgan fingerprint density at radius 1 is 1.09 bits per heavy atom. The van der Waals surface area contributed by atoms with E-state index in [0.717, 1.165) is 25.7 Å². The van der Waals surface area contributed by atoms with Gasteiger partial charge in [0.05, 0.1) is 18.2 Å². The minimum absolute atomic E-state index is 0.227. The number of H-pyrrole nitrogens is 1. The lowest BCUT2D eigenvalue weighted by atomic mass is 9.84. The number of hydrogen-bond donors (Lipinski definition) is 3. The van der Waals surface area contributed by atoms with Crippen molar-refractivity contribution in [1.82, 2.24) is 20.1 Å². The van der Waals surface area contributed by atoms with Crippen LogP contribution in [0.2, 0.25) is 0 Å². The first-order valence-electron chi connectivity index (χ1n) is 11.1. The molecule has 0 aliphatic heterocycles.